The number of aliphatic hydroxyl groups is 1. The van der Waals surface area contributed by atoms with Gasteiger partial charge in [-0.05, 0) is 69.7 Å². The van der Waals surface area contributed by atoms with Crippen LogP contribution in [0.2, 0.25) is 0 Å². The van der Waals surface area contributed by atoms with Gasteiger partial charge in [-0.15, -0.1) is 0 Å². The largest absolute Gasteiger partial charge is 0.507 e. The minimum Gasteiger partial charge on any atom is -0.507 e. The van der Waals surface area contributed by atoms with Crippen LogP contribution in [-0.4, -0.2) is 58.9 Å². The molecule has 6 heteroatoms. The maximum Gasteiger partial charge on any atom is 0.295 e. The SMILES string of the molecule is Cc1cc(O)c(C(O)=C2C(=O)C(=O)N(CCCN(C)C)[C@@H]2c2ccccc2)cc1C. The molecule has 1 aliphatic heterocycles. The molecule has 2 N–H and O–H groups in total. The number of aryl methyl sites for hydroxylation is 2. The normalized spacial score (nSPS) is 18.4. The second kappa shape index (κ2) is 8.71. The van der Waals surface area contributed by atoms with E-state index in [1.807, 2.05) is 63.2 Å². The summed E-state index contributed by atoms with van der Waals surface area (Å²) in [6.45, 7) is 4.87. The predicted octanol–water partition coefficient (Wildman–Crippen LogP) is 3.38. The molecule has 0 spiro atoms. The molecule has 30 heavy (non-hydrogen) atoms. The van der Waals surface area contributed by atoms with E-state index in [0.717, 1.165) is 23.2 Å². The Morgan fingerprint density at radius 3 is 2.33 bits per heavy atom. The Morgan fingerprint density at radius 2 is 1.70 bits per heavy atom. The van der Waals surface area contributed by atoms with E-state index in [-0.39, 0.29) is 22.6 Å². The number of hydrogen-bond acceptors (Lipinski definition) is 5. The van der Waals surface area contributed by atoms with Gasteiger partial charge in [0.1, 0.15) is 11.5 Å². The molecule has 2 aromatic carbocycles. The minimum absolute atomic E-state index is 0.00889. The lowest BCUT2D eigenvalue weighted by molar-refractivity contribution is -0.139. The van der Waals surface area contributed by atoms with E-state index in [4.69, 9.17) is 0 Å². The lowest BCUT2D eigenvalue weighted by Crippen LogP contribution is -2.32. The highest BCUT2D eigenvalue weighted by Gasteiger charge is 2.46. The highest BCUT2D eigenvalue weighted by Crippen LogP contribution is 2.41. The van der Waals surface area contributed by atoms with Gasteiger partial charge in [-0.2, -0.15) is 0 Å². The van der Waals surface area contributed by atoms with Crippen LogP contribution in [0.15, 0.2) is 48.0 Å². The Kier molecular flexibility index (Phi) is 6.27. The molecule has 3 rings (SSSR count). The van der Waals surface area contributed by atoms with Gasteiger partial charge in [-0.25, -0.2) is 0 Å². The minimum atomic E-state index is -0.733. The predicted molar refractivity (Wildman–Crippen MR) is 116 cm³/mol. The Labute approximate surface area is 177 Å². The van der Waals surface area contributed by atoms with Gasteiger partial charge in [-0.3, -0.25) is 9.59 Å². The number of rotatable bonds is 6. The molecular formula is C24H28N2O4. The van der Waals surface area contributed by atoms with Crippen LogP contribution in [0, 0.1) is 13.8 Å². The third-order valence-electron chi connectivity index (χ3n) is 5.53. The van der Waals surface area contributed by atoms with Gasteiger partial charge in [0.25, 0.3) is 11.7 Å². The van der Waals surface area contributed by atoms with Crippen molar-refractivity contribution in [1.82, 2.24) is 9.80 Å². The van der Waals surface area contributed by atoms with Gasteiger partial charge < -0.3 is 20.0 Å². The first kappa shape index (κ1) is 21.6. The summed E-state index contributed by atoms with van der Waals surface area (Å²) in [4.78, 5) is 29.4. The summed E-state index contributed by atoms with van der Waals surface area (Å²) in [5.41, 5.74) is 2.64. The van der Waals surface area contributed by atoms with Crippen LogP contribution in [-0.2, 0) is 9.59 Å². The highest BCUT2D eigenvalue weighted by molar-refractivity contribution is 6.46. The van der Waals surface area contributed by atoms with Crippen LogP contribution in [0.3, 0.4) is 0 Å². The first-order valence-corrected chi connectivity index (χ1v) is 10.0. The number of aliphatic hydroxyl groups excluding tert-OH is 1. The number of amides is 1. The Hall–Kier alpha value is -3.12. The third-order valence-corrected chi connectivity index (χ3v) is 5.53. The number of ketones is 1. The van der Waals surface area contributed by atoms with Crippen molar-refractivity contribution in [3.8, 4) is 5.75 Å². The number of benzene rings is 2. The molecule has 1 amide bonds. The summed E-state index contributed by atoms with van der Waals surface area (Å²) >= 11 is 0. The molecule has 0 aromatic heterocycles. The van der Waals surface area contributed by atoms with E-state index >= 15 is 0 Å². The summed E-state index contributed by atoms with van der Waals surface area (Å²) in [7, 11) is 3.90. The maximum absolute atomic E-state index is 13.0. The zero-order valence-electron chi connectivity index (χ0n) is 17.8. The number of carbonyl (C=O) groups excluding carboxylic acids is 2. The number of hydrogen-bond donors (Lipinski definition) is 2. The Balaban J connectivity index is 2.13. The molecular weight excluding hydrogens is 380 g/mol. The number of carbonyl (C=O) groups is 2. The average molecular weight is 408 g/mol. The standard InChI is InChI=1S/C24H28N2O4/c1-15-13-18(19(27)14-16(15)2)22(28)20-21(17-9-6-5-7-10-17)26(24(30)23(20)29)12-8-11-25(3)4/h5-7,9-10,13-14,21,27-28H,8,11-12H2,1-4H3/t21-/m1/s1. The Bertz CT molecular complexity index is 996. The molecule has 1 fully saturated rings. The summed E-state index contributed by atoms with van der Waals surface area (Å²) < 4.78 is 0. The van der Waals surface area contributed by atoms with E-state index in [1.165, 1.54) is 4.90 Å². The monoisotopic (exact) mass is 408 g/mol. The number of phenols is 1. The van der Waals surface area contributed by atoms with E-state index < -0.39 is 17.7 Å². The summed E-state index contributed by atoms with van der Waals surface area (Å²) in [6, 6.07) is 11.7. The Morgan fingerprint density at radius 1 is 1.07 bits per heavy atom. The zero-order chi connectivity index (χ0) is 22.0. The summed E-state index contributed by atoms with van der Waals surface area (Å²) in [5, 5.41) is 21.5. The maximum atomic E-state index is 13.0. The second-order valence-electron chi connectivity index (χ2n) is 8.01. The fourth-order valence-corrected chi connectivity index (χ4v) is 3.79. The topological polar surface area (TPSA) is 81.1 Å². The zero-order valence-corrected chi connectivity index (χ0v) is 17.8. The molecule has 0 radical (unpaired) electrons. The van der Waals surface area contributed by atoms with Crippen LogP contribution < -0.4 is 0 Å². The molecule has 0 bridgehead atoms. The molecule has 1 heterocycles. The molecule has 0 unspecified atom stereocenters. The molecule has 6 nitrogen and oxygen atoms in total. The molecule has 1 saturated heterocycles. The fraction of sp³-hybridized carbons (Fsp3) is 0.333. The van der Waals surface area contributed by atoms with Crippen molar-refractivity contribution < 1.29 is 19.8 Å². The van der Waals surface area contributed by atoms with Crippen molar-refractivity contribution in [2.75, 3.05) is 27.2 Å². The highest BCUT2D eigenvalue weighted by atomic mass is 16.3. The lowest BCUT2D eigenvalue weighted by atomic mass is 9.94. The van der Waals surface area contributed by atoms with Crippen LogP contribution in [0.4, 0.5) is 0 Å². The number of nitrogens with zero attached hydrogens (tertiary/aromatic N) is 2. The third kappa shape index (κ3) is 4.09. The number of aromatic hydroxyl groups is 1. The number of likely N-dealkylation sites (tertiary alicyclic amines) is 1. The summed E-state index contributed by atoms with van der Waals surface area (Å²) in [6.07, 6.45) is 0.693. The van der Waals surface area contributed by atoms with Crippen molar-refractivity contribution in [1.29, 1.82) is 0 Å². The van der Waals surface area contributed by atoms with Gasteiger partial charge in [0.05, 0.1) is 17.2 Å². The molecule has 0 saturated carbocycles. The van der Waals surface area contributed by atoms with Crippen LogP contribution in [0.5, 0.6) is 5.75 Å². The van der Waals surface area contributed by atoms with Gasteiger partial charge in [0, 0.05) is 6.54 Å². The smallest absolute Gasteiger partial charge is 0.295 e. The molecule has 1 aliphatic rings. The van der Waals surface area contributed by atoms with E-state index in [2.05, 4.69) is 0 Å². The first-order chi connectivity index (χ1) is 14.2. The summed E-state index contributed by atoms with van der Waals surface area (Å²) in [5.74, 6) is -1.84. The molecule has 0 aliphatic carbocycles. The van der Waals surface area contributed by atoms with Gasteiger partial charge in [-0.1, -0.05) is 30.3 Å². The van der Waals surface area contributed by atoms with Gasteiger partial charge in [0.2, 0.25) is 0 Å². The van der Waals surface area contributed by atoms with Crippen molar-refractivity contribution in [3.05, 3.63) is 70.3 Å². The van der Waals surface area contributed by atoms with Crippen LogP contribution >= 0.6 is 0 Å². The molecule has 2 aromatic rings. The molecule has 1 atom stereocenters. The van der Waals surface area contributed by atoms with Crippen molar-refractivity contribution >= 4 is 17.4 Å². The van der Waals surface area contributed by atoms with Crippen LogP contribution in [0.25, 0.3) is 5.76 Å². The van der Waals surface area contributed by atoms with Gasteiger partial charge >= 0.3 is 0 Å². The number of phenolic OH excluding ortho intramolecular Hbond substituents is 1. The van der Waals surface area contributed by atoms with Crippen molar-refractivity contribution in [2.24, 2.45) is 0 Å². The van der Waals surface area contributed by atoms with Crippen molar-refractivity contribution in [2.45, 2.75) is 26.3 Å². The second-order valence-corrected chi connectivity index (χ2v) is 8.01. The molecule has 158 valence electrons. The van der Waals surface area contributed by atoms with Crippen LogP contribution in [0.1, 0.15) is 34.7 Å². The quantitative estimate of drug-likeness (QED) is 0.435. The first-order valence-electron chi connectivity index (χ1n) is 10.0. The van der Waals surface area contributed by atoms with Crippen molar-refractivity contribution in [3.63, 3.8) is 0 Å². The number of Topliss-reactive ketones (excluding diaryl/α,β-unsaturated/α-hetero) is 1. The van der Waals surface area contributed by atoms with E-state index in [1.54, 1.807) is 12.1 Å². The van der Waals surface area contributed by atoms with E-state index in [9.17, 15) is 19.8 Å². The fourth-order valence-electron chi connectivity index (χ4n) is 3.79. The average Bonchev–Trinajstić information content (AvgIpc) is 2.95. The van der Waals surface area contributed by atoms with Gasteiger partial charge in [0.15, 0.2) is 0 Å². The van der Waals surface area contributed by atoms with E-state index in [0.29, 0.717) is 13.0 Å². The lowest BCUT2D eigenvalue weighted by Gasteiger charge is -2.26.